The summed E-state index contributed by atoms with van der Waals surface area (Å²) in [5.41, 5.74) is 5.12. The first-order valence-electron chi connectivity index (χ1n) is 6.68. The highest BCUT2D eigenvalue weighted by atomic mass is 35.5. The van der Waals surface area contributed by atoms with Gasteiger partial charge in [-0.2, -0.15) is 5.10 Å². The van der Waals surface area contributed by atoms with Crippen LogP contribution in [0.25, 0.3) is 5.65 Å². The molecule has 6 heteroatoms. The third kappa shape index (κ3) is 2.84. The number of imidazole rings is 1. The Morgan fingerprint density at radius 2 is 2.05 bits per heavy atom. The van der Waals surface area contributed by atoms with E-state index in [-0.39, 0.29) is 5.91 Å². The van der Waals surface area contributed by atoms with Crippen molar-refractivity contribution in [1.29, 1.82) is 0 Å². The Morgan fingerprint density at radius 1 is 1.27 bits per heavy atom. The highest BCUT2D eigenvalue weighted by Gasteiger charge is 2.16. The Hall–Kier alpha value is -2.66. The van der Waals surface area contributed by atoms with Crippen LogP contribution < -0.4 is 5.43 Å². The molecule has 1 amide bonds. The maximum Gasteiger partial charge on any atom is 0.290 e. The van der Waals surface area contributed by atoms with Crippen LogP contribution in [0.5, 0.6) is 0 Å². The molecule has 3 aromatic rings. The lowest BCUT2D eigenvalue weighted by Gasteiger charge is -2.02. The van der Waals surface area contributed by atoms with E-state index >= 15 is 0 Å². The van der Waals surface area contributed by atoms with Crippen LogP contribution in [0.3, 0.4) is 0 Å². The topological polar surface area (TPSA) is 58.8 Å². The van der Waals surface area contributed by atoms with Crippen molar-refractivity contribution < 1.29 is 4.79 Å². The Bertz CT molecular complexity index is 855. The molecule has 110 valence electrons. The number of hydrogen-bond donors (Lipinski definition) is 1. The molecule has 0 aliphatic rings. The molecule has 0 fully saturated rings. The van der Waals surface area contributed by atoms with Gasteiger partial charge >= 0.3 is 0 Å². The van der Waals surface area contributed by atoms with E-state index in [2.05, 4.69) is 15.5 Å². The van der Waals surface area contributed by atoms with Crippen molar-refractivity contribution in [3.05, 3.63) is 70.6 Å². The van der Waals surface area contributed by atoms with Crippen molar-refractivity contribution in [3.8, 4) is 0 Å². The lowest BCUT2D eigenvalue weighted by molar-refractivity contribution is 0.0948. The fourth-order valence-electron chi connectivity index (χ4n) is 2.17. The maximum absolute atomic E-state index is 12.3. The number of aryl methyl sites for hydroxylation is 1. The van der Waals surface area contributed by atoms with Crippen molar-refractivity contribution in [2.75, 3.05) is 0 Å². The van der Waals surface area contributed by atoms with E-state index in [0.29, 0.717) is 22.1 Å². The molecule has 0 unspecified atom stereocenters. The first kappa shape index (κ1) is 14.3. The molecule has 0 aliphatic heterocycles. The van der Waals surface area contributed by atoms with E-state index in [4.69, 9.17) is 11.6 Å². The van der Waals surface area contributed by atoms with Gasteiger partial charge in [0.05, 0.1) is 16.9 Å². The van der Waals surface area contributed by atoms with Crippen LogP contribution in [0.2, 0.25) is 5.02 Å². The number of rotatable bonds is 3. The molecule has 0 bridgehead atoms. The monoisotopic (exact) mass is 312 g/mol. The number of aromatic nitrogens is 2. The zero-order valence-electron chi connectivity index (χ0n) is 11.8. The molecule has 2 aromatic heterocycles. The molecule has 1 aromatic carbocycles. The Morgan fingerprint density at radius 3 is 2.82 bits per heavy atom. The van der Waals surface area contributed by atoms with Gasteiger partial charge in [0.15, 0.2) is 0 Å². The second-order valence-electron chi connectivity index (χ2n) is 4.73. The molecule has 0 aliphatic carbocycles. The van der Waals surface area contributed by atoms with Gasteiger partial charge in [0.1, 0.15) is 11.3 Å². The van der Waals surface area contributed by atoms with E-state index < -0.39 is 0 Å². The SMILES string of the molecule is Cc1nc2ccc(Cl)cn2c1C(=O)N/N=C\c1ccccc1. The number of carbonyl (C=O) groups is 1. The highest BCUT2D eigenvalue weighted by Crippen LogP contribution is 2.16. The molecule has 2 heterocycles. The summed E-state index contributed by atoms with van der Waals surface area (Å²) in [7, 11) is 0. The quantitative estimate of drug-likeness (QED) is 0.597. The van der Waals surface area contributed by atoms with Crippen LogP contribution in [0, 0.1) is 6.92 Å². The summed E-state index contributed by atoms with van der Waals surface area (Å²) in [6, 6.07) is 13.0. The summed E-state index contributed by atoms with van der Waals surface area (Å²) < 4.78 is 1.66. The molecule has 0 atom stereocenters. The number of fused-ring (bicyclic) bond motifs is 1. The third-order valence-electron chi connectivity index (χ3n) is 3.15. The number of amides is 1. The summed E-state index contributed by atoms with van der Waals surface area (Å²) in [4.78, 5) is 16.6. The van der Waals surface area contributed by atoms with Crippen LogP contribution in [-0.4, -0.2) is 21.5 Å². The lowest BCUT2D eigenvalue weighted by Crippen LogP contribution is -2.20. The molecule has 3 rings (SSSR count). The third-order valence-corrected chi connectivity index (χ3v) is 3.37. The van der Waals surface area contributed by atoms with Crippen LogP contribution >= 0.6 is 11.6 Å². The molecule has 0 saturated heterocycles. The largest absolute Gasteiger partial charge is 0.294 e. The fraction of sp³-hybridized carbons (Fsp3) is 0.0625. The minimum atomic E-state index is -0.334. The first-order valence-corrected chi connectivity index (χ1v) is 7.05. The lowest BCUT2D eigenvalue weighted by atomic mass is 10.2. The van der Waals surface area contributed by atoms with E-state index in [9.17, 15) is 4.79 Å². The maximum atomic E-state index is 12.3. The Kier molecular flexibility index (Phi) is 3.89. The van der Waals surface area contributed by atoms with Crippen LogP contribution in [0.1, 0.15) is 21.7 Å². The fourth-order valence-corrected chi connectivity index (χ4v) is 2.33. The van der Waals surface area contributed by atoms with Gasteiger partial charge in [0.2, 0.25) is 0 Å². The van der Waals surface area contributed by atoms with Gasteiger partial charge in [0, 0.05) is 6.20 Å². The normalized spacial score (nSPS) is 11.2. The molecular weight excluding hydrogens is 300 g/mol. The number of nitrogens with zero attached hydrogens (tertiary/aromatic N) is 3. The smallest absolute Gasteiger partial charge is 0.290 e. The van der Waals surface area contributed by atoms with Gasteiger partial charge in [-0.3, -0.25) is 9.20 Å². The second kappa shape index (κ2) is 5.99. The standard InChI is InChI=1S/C16H13ClN4O/c1-11-15(21-10-13(17)7-8-14(21)19-11)16(22)20-18-9-12-5-3-2-4-6-12/h2-10H,1H3,(H,20,22)/b18-9-. The summed E-state index contributed by atoms with van der Waals surface area (Å²) in [5, 5.41) is 4.50. The van der Waals surface area contributed by atoms with E-state index in [1.807, 2.05) is 30.3 Å². The molecular formula is C16H13ClN4O. The molecule has 0 saturated carbocycles. The second-order valence-corrected chi connectivity index (χ2v) is 5.17. The summed E-state index contributed by atoms with van der Waals surface area (Å²) in [6.45, 7) is 1.77. The number of nitrogens with one attached hydrogen (secondary N) is 1. The highest BCUT2D eigenvalue weighted by molar-refractivity contribution is 6.30. The molecule has 1 N–H and O–H groups in total. The van der Waals surface area contributed by atoms with E-state index in [0.717, 1.165) is 5.56 Å². The number of hydrogen-bond acceptors (Lipinski definition) is 3. The summed E-state index contributed by atoms with van der Waals surface area (Å²) in [5.74, 6) is -0.334. The van der Waals surface area contributed by atoms with Crippen molar-refractivity contribution in [3.63, 3.8) is 0 Å². The Balaban J connectivity index is 1.85. The van der Waals surface area contributed by atoms with Gasteiger partial charge in [-0.25, -0.2) is 10.4 Å². The zero-order chi connectivity index (χ0) is 15.5. The van der Waals surface area contributed by atoms with Crippen molar-refractivity contribution in [2.24, 2.45) is 5.10 Å². The predicted molar refractivity (Wildman–Crippen MR) is 86.4 cm³/mol. The van der Waals surface area contributed by atoms with Gasteiger partial charge in [-0.1, -0.05) is 41.9 Å². The van der Waals surface area contributed by atoms with Gasteiger partial charge in [-0.15, -0.1) is 0 Å². The van der Waals surface area contributed by atoms with Gasteiger partial charge in [0.25, 0.3) is 5.91 Å². The minimum absolute atomic E-state index is 0.334. The predicted octanol–water partition coefficient (Wildman–Crippen LogP) is 3.06. The molecule has 0 spiro atoms. The molecule has 5 nitrogen and oxygen atoms in total. The summed E-state index contributed by atoms with van der Waals surface area (Å²) >= 11 is 5.98. The van der Waals surface area contributed by atoms with E-state index in [1.165, 1.54) is 0 Å². The van der Waals surface area contributed by atoms with Gasteiger partial charge < -0.3 is 0 Å². The van der Waals surface area contributed by atoms with Crippen LogP contribution in [0.15, 0.2) is 53.8 Å². The van der Waals surface area contributed by atoms with Crippen molar-refractivity contribution in [2.45, 2.75) is 6.92 Å². The molecule has 0 radical (unpaired) electrons. The number of carbonyl (C=O) groups excluding carboxylic acids is 1. The average Bonchev–Trinajstić information content (AvgIpc) is 2.83. The number of hydrazone groups is 1. The number of halogens is 1. The van der Waals surface area contributed by atoms with Crippen LogP contribution in [-0.2, 0) is 0 Å². The number of benzene rings is 1. The first-order chi connectivity index (χ1) is 10.6. The minimum Gasteiger partial charge on any atom is -0.294 e. The van der Waals surface area contributed by atoms with Crippen molar-refractivity contribution >= 4 is 29.4 Å². The Labute approximate surface area is 132 Å². The van der Waals surface area contributed by atoms with Gasteiger partial charge in [-0.05, 0) is 24.6 Å². The van der Waals surface area contributed by atoms with Crippen molar-refractivity contribution in [1.82, 2.24) is 14.8 Å². The number of pyridine rings is 1. The zero-order valence-corrected chi connectivity index (χ0v) is 12.6. The summed E-state index contributed by atoms with van der Waals surface area (Å²) in [6.07, 6.45) is 3.25. The average molecular weight is 313 g/mol. The molecule has 22 heavy (non-hydrogen) atoms. The van der Waals surface area contributed by atoms with Crippen LogP contribution in [0.4, 0.5) is 0 Å². The van der Waals surface area contributed by atoms with E-state index in [1.54, 1.807) is 35.9 Å².